The maximum absolute atomic E-state index is 12.6. The van der Waals surface area contributed by atoms with Crippen LogP contribution in [0, 0.1) is 5.92 Å². The maximum atomic E-state index is 12.6. The molecule has 0 bridgehead atoms. The molecule has 29 heavy (non-hydrogen) atoms. The first-order chi connectivity index (χ1) is 13.7. The first-order valence-corrected chi connectivity index (χ1v) is 11.0. The fourth-order valence-electron chi connectivity index (χ4n) is 3.35. The number of carbonyl (C=O) groups is 2. The Morgan fingerprint density at radius 2 is 2.03 bits per heavy atom. The van der Waals surface area contributed by atoms with Crippen molar-refractivity contribution in [1.29, 1.82) is 0 Å². The number of nitrogens with zero attached hydrogens (tertiary/aromatic N) is 1. The number of benzene rings is 1. The summed E-state index contributed by atoms with van der Waals surface area (Å²) in [4.78, 5) is 25.6. The van der Waals surface area contributed by atoms with E-state index < -0.39 is 10.0 Å². The number of hydrogen-bond donors (Lipinski definition) is 2. The minimum Gasteiger partial charge on any atom is -0.495 e. The average Bonchev–Trinajstić information content (AvgIpc) is 2.68. The lowest BCUT2D eigenvalue weighted by molar-refractivity contribution is -0.899. The first kappa shape index (κ1) is 23.1. The van der Waals surface area contributed by atoms with E-state index in [2.05, 4.69) is 5.32 Å². The number of methoxy groups -OCH3 is 1. The maximum Gasteiger partial charge on any atom is 0.314 e. The highest BCUT2D eigenvalue weighted by Crippen LogP contribution is 2.28. The van der Waals surface area contributed by atoms with Gasteiger partial charge in [0.05, 0.1) is 37.4 Å². The highest BCUT2D eigenvalue weighted by molar-refractivity contribution is 7.89. The molecule has 2 N–H and O–H groups in total. The van der Waals surface area contributed by atoms with E-state index in [1.165, 1.54) is 39.4 Å². The average molecular weight is 429 g/mol. The summed E-state index contributed by atoms with van der Waals surface area (Å²) in [6.45, 7) is 3.62. The molecule has 10 heteroatoms. The van der Waals surface area contributed by atoms with Gasteiger partial charge in [-0.15, -0.1) is 0 Å². The van der Waals surface area contributed by atoms with Gasteiger partial charge in [-0.1, -0.05) is 0 Å². The number of ether oxygens (including phenoxy) is 2. The third-order valence-corrected chi connectivity index (χ3v) is 6.68. The molecule has 1 aromatic carbocycles. The molecule has 2 atom stereocenters. The number of likely N-dealkylation sites (tertiary alicyclic amines) is 1. The summed E-state index contributed by atoms with van der Waals surface area (Å²) in [7, 11) is 0.693. The molecule has 2 rings (SSSR count). The van der Waals surface area contributed by atoms with Gasteiger partial charge in [0.25, 0.3) is 5.91 Å². The number of esters is 1. The van der Waals surface area contributed by atoms with Gasteiger partial charge < -0.3 is 19.7 Å². The van der Waals surface area contributed by atoms with Crippen LogP contribution in [-0.2, 0) is 24.3 Å². The van der Waals surface area contributed by atoms with Gasteiger partial charge in [0.15, 0.2) is 6.54 Å². The molecule has 0 aromatic heterocycles. The molecule has 1 heterocycles. The van der Waals surface area contributed by atoms with Crippen LogP contribution in [0.4, 0.5) is 5.69 Å². The Hall–Kier alpha value is -2.17. The lowest BCUT2D eigenvalue weighted by Crippen LogP contribution is -3.14. The minimum atomic E-state index is -3.64. The van der Waals surface area contributed by atoms with Crippen molar-refractivity contribution in [2.24, 2.45) is 5.92 Å². The largest absolute Gasteiger partial charge is 0.495 e. The van der Waals surface area contributed by atoms with Crippen molar-refractivity contribution in [3.05, 3.63) is 18.2 Å². The Bertz CT molecular complexity index is 840. The highest BCUT2D eigenvalue weighted by Gasteiger charge is 2.31. The van der Waals surface area contributed by atoms with Crippen LogP contribution in [0.1, 0.15) is 19.8 Å². The van der Waals surface area contributed by atoms with Crippen molar-refractivity contribution in [2.45, 2.75) is 24.7 Å². The molecule has 9 nitrogen and oxygen atoms in total. The van der Waals surface area contributed by atoms with Crippen molar-refractivity contribution >= 4 is 27.6 Å². The van der Waals surface area contributed by atoms with E-state index in [9.17, 15) is 18.0 Å². The van der Waals surface area contributed by atoms with E-state index in [-0.39, 0.29) is 29.2 Å². The Labute approximate surface area is 172 Å². The quantitative estimate of drug-likeness (QED) is 0.553. The fourth-order valence-corrected chi connectivity index (χ4v) is 4.28. The zero-order valence-corrected chi connectivity index (χ0v) is 18.2. The zero-order chi connectivity index (χ0) is 21.6. The number of carbonyl (C=O) groups excluding carboxylic acids is 2. The van der Waals surface area contributed by atoms with Crippen LogP contribution in [0.5, 0.6) is 5.75 Å². The van der Waals surface area contributed by atoms with Crippen LogP contribution in [0.15, 0.2) is 23.1 Å². The zero-order valence-electron chi connectivity index (χ0n) is 17.4. The van der Waals surface area contributed by atoms with Crippen LogP contribution < -0.4 is 15.0 Å². The molecule has 1 amide bonds. The second-order valence-electron chi connectivity index (χ2n) is 7.17. The predicted molar refractivity (Wildman–Crippen MR) is 107 cm³/mol. The molecule has 1 fully saturated rings. The monoisotopic (exact) mass is 428 g/mol. The van der Waals surface area contributed by atoms with E-state index in [0.717, 1.165) is 28.6 Å². The van der Waals surface area contributed by atoms with Crippen molar-refractivity contribution < 1.29 is 32.4 Å². The van der Waals surface area contributed by atoms with Gasteiger partial charge in [-0.2, -0.15) is 0 Å². The molecule has 0 spiro atoms. The van der Waals surface area contributed by atoms with Gasteiger partial charge in [-0.25, -0.2) is 12.7 Å². The highest BCUT2D eigenvalue weighted by atomic mass is 32.2. The minimum absolute atomic E-state index is 0.0614. The second-order valence-corrected chi connectivity index (χ2v) is 9.32. The van der Waals surface area contributed by atoms with Crippen molar-refractivity contribution in [2.75, 3.05) is 52.8 Å². The smallest absolute Gasteiger partial charge is 0.314 e. The van der Waals surface area contributed by atoms with Crippen LogP contribution >= 0.6 is 0 Å². The van der Waals surface area contributed by atoms with Crippen LogP contribution in [0.3, 0.4) is 0 Å². The van der Waals surface area contributed by atoms with Gasteiger partial charge in [0.2, 0.25) is 10.0 Å². The van der Waals surface area contributed by atoms with Gasteiger partial charge in [-0.3, -0.25) is 9.59 Å². The first-order valence-electron chi connectivity index (χ1n) is 9.59. The fraction of sp³-hybridized carbons (Fsp3) is 0.579. The Morgan fingerprint density at radius 1 is 1.31 bits per heavy atom. The molecule has 1 saturated heterocycles. The number of sulfonamides is 1. The van der Waals surface area contributed by atoms with Gasteiger partial charge in [0.1, 0.15) is 11.7 Å². The number of piperidine rings is 1. The van der Waals surface area contributed by atoms with Crippen LogP contribution in [0.25, 0.3) is 0 Å². The van der Waals surface area contributed by atoms with Crippen molar-refractivity contribution in [3.63, 3.8) is 0 Å². The van der Waals surface area contributed by atoms with E-state index in [1.54, 1.807) is 6.92 Å². The number of quaternary nitrogens is 1. The van der Waals surface area contributed by atoms with Crippen molar-refractivity contribution in [1.82, 2.24) is 4.31 Å². The molecule has 1 aliphatic rings. The molecular formula is C19H30N3O6S+. The van der Waals surface area contributed by atoms with Crippen molar-refractivity contribution in [3.8, 4) is 5.75 Å². The molecule has 0 radical (unpaired) electrons. The van der Waals surface area contributed by atoms with E-state index in [4.69, 9.17) is 9.47 Å². The number of anilines is 1. The topological polar surface area (TPSA) is 106 Å². The molecule has 162 valence electrons. The lowest BCUT2D eigenvalue weighted by Gasteiger charge is -2.28. The summed E-state index contributed by atoms with van der Waals surface area (Å²) in [6, 6.07) is 4.33. The Balaban J connectivity index is 2.09. The summed E-state index contributed by atoms with van der Waals surface area (Å²) in [5, 5.41) is 2.75. The molecule has 1 unspecified atom stereocenters. The Morgan fingerprint density at radius 3 is 2.66 bits per heavy atom. The summed E-state index contributed by atoms with van der Waals surface area (Å²) >= 11 is 0. The van der Waals surface area contributed by atoms with Crippen LogP contribution in [-0.4, -0.2) is 72.0 Å². The molecule has 0 saturated carbocycles. The third-order valence-electron chi connectivity index (χ3n) is 4.87. The van der Waals surface area contributed by atoms with Gasteiger partial charge >= 0.3 is 5.97 Å². The molecule has 0 aliphatic carbocycles. The lowest BCUT2D eigenvalue weighted by atomic mass is 9.98. The number of nitrogens with one attached hydrogen (secondary N) is 2. The van der Waals surface area contributed by atoms with Crippen LogP contribution in [0.2, 0.25) is 0 Å². The molecular weight excluding hydrogens is 398 g/mol. The summed E-state index contributed by atoms with van der Waals surface area (Å²) in [5.41, 5.74) is 0.291. The van der Waals surface area contributed by atoms with E-state index >= 15 is 0 Å². The number of hydrogen-bond acceptors (Lipinski definition) is 6. The molecule has 1 aromatic rings. The van der Waals surface area contributed by atoms with E-state index in [0.29, 0.717) is 24.6 Å². The second kappa shape index (κ2) is 10.0. The molecule has 1 aliphatic heterocycles. The summed E-state index contributed by atoms with van der Waals surface area (Å²) in [5.74, 6) is -0.320. The summed E-state index contributed by atoms with van der Waals surface area (Å²) < 4.78 is 36.2. The van der Waals surface area contributed by atoms with Gasteiger partial charge in [-0.05, 0) is 38.0 Å². The van der Waals surface area contributed by atoms with E-state index in [1.807, 2.05) is 0 Å². The normalized spacial score (nSPS) is 19.6. The Kier molecular flexibility index (Phi) is 8.00. The van der Waals surface area contributed by atoms with Gasteiger partial charge in [0, 0.05) is 14.1 Å². The predicted octanol–water partition coefficient (Wildman–Crippen LogP) is -0.258. The summed E-state index contributed by atoms with van der Waals surface area (Å²) in [6.07, 6.45) is 1.61. The standard InChI is InChI=1S/C19H29N3O6S/c1-5-28-19(24)14-7-6-10-22(12-14)13-18(23)20-16-11-15(8-9-17(16)27-4)29(25,26)21(2)3/h8-9,11,14H,5-7,10,12-13H2,1-4H3,(H,20,23)/p+1/t14-/m0/s1. The third kappa shape index (κ3) is 5.91. The SMILES string of the molecule is CCOC(=O)[C@H]1CCC[NH+](CC(=O)Nc2cc(S(=O)(=O)N(C)C)ccc2OC)C1. The number of amides is 1. The number of rotatable bonds is 8.